The van der Waals surface area contributed by atoms with Crippen LogP contribution in [-0.2, 0) is 14.4 Å². The second-order valence-corrected chi connectivity index (χ2v) is 5.01. The Labute approximate surface area is 110 Å². The predicted molar refractivity (Wildman–Crippen MR) is 60.9 cm³/mol. The molecule has 1 saturated heterocycles. The fourth-order valence-electron chi connectivity index (χ4n) is 2.21. The molecule has 1 heterocycles. The number of quaternary nitrogens is 1. The number of nitrogens with two attached hydrogens (primary N) is 1. The third-order valence-electron chi connectivity index (χ3n) is 3.79. The topological polar surface area (TPSA) is 131 Å². The standard InChI is InChI=1S/C6H11NO2.C6H8O4/c8-6(9)5-1-3-7-4-2-5;7-4(8)6(5(9)10)2-1-3-6/h5,7H,1-4H2,(H,8,9);1-3H2,(H,7,8)(H,9,10). The minimum Gasteiger partial charge on any atom is -0.549 e. The van der Waals surface area contributed by atoms with E-state index < -0.39 is 23.3 Å². The van der Waals surface area contributed by atoms with Crippen molar-refractivity contribution < 1.29 is 35.0 Å². The van der Waals surface area contributed by atoms with Gasteiger partial charge in [-0.15, -0.1) is 0 Å². The third kappa shape index (κ3) is 3.66. The van der Waals surface area contributed by atoms with Crippen molar-refractivity contribution in [3.05, 3.63) is 0 Å². The number of hydrogen-bond donors (Lipinski definition) is 3. The lowest BCUT2D eigenvalue weighted by Crippen LogP contribution is -2.86. The van der Waals surface area contributed by atoms with Crippen molar-refractivity contribution in [3.63, 3.8) is 0 Å². The van der Waals surface area contributed by atoms with E-state index >= 15 is 0 Å². The molecule has 1 aliphatic heterocycles. The van der Waals surface area contributed by atoms with Gasteiger partial charge in [0.25, 0.3) is 0 Å². The van der Waals surface area contributed by atoms with E-state index in [1.165, 1.54) is 0 Å². The van der Waals surface area contributed by atoms with Crippen molar-refractivity contribution >= 4 is 17.9 Å². The zero-order valence-electron chi connectivity index (χ0n) is 10.6. The van der Waals surface area contributed by atoms with Crippen LogP contribution >= 0.6 is 0 Å². The number of carboxylic acid groups (broad SMARTS) is 3. The van der Waals surface area contributed by atoms with Crippen LogP contribution in [0.25, 0.3) is 0 Å². The number of piperidine rings is 1. The van der Waals surface area contributed by atoms with Crippen molar-refractivity contribution in [1.82, 2.24) is 0 Å². The van der Waals surface area contributed by atoms with Crippen LogP contribution in [-0.4, -0.2) is 41.2 Å². The Morgan fingerprint density at radius 3 is 1.79 bits per heavy atom. The maximum Gasteiger partial charge on any atom is 0.315 e. The minimum absolute atomic E-state index is 0.0602. The molecule has 0 aromatic heterocycles. The fourth-order valence-corrected chi connectivity index (χ4v) is 2.21. The van der Waals surface area contributed by atoms with E-state index in [-0.39, 0.29) is 18.8 Å². The summed E-state index contributed by atoms with van der Waals surface area (Å²) in [5, 5.41) is 29.4. The molecule has 0 bridgehead atoms. The Balaban J connectivity index is 0.000000191. The van der Waals surface area contributed by atoms with Crippen LogP contribution in [0.5, 0.6) is 0 Å². The number of carbonyl (C=O) groups is 3. The molecule has 2 aliphatic rings. The molecule has 7 nitrogen and oxygen atoms in total. The van der Waals surface area contributed by atoms with Crippen molar-refractivity contribution in [1.29, 1.82) is 0 Å². The summed E-state index contributed by atoms with van der Waals surface area (Å²) in [5.74, 6) is -3.40. The van der Waals surface area contributed by atoms with Gasteiger partial charge in [-0.2, -0.15) is 0 Å². The van der Waals surface area contributed by atoms with Crippen molar-refractivity contribution in [2.75, 3.05) is 13.1 Å². The fraction of sp³-hybridized carbons (Fsp3) is 0.750. The van der Waals surface area contributed by atoms with Gasteiger partial charge in [-0.25, -0.2) is 0 Å². The first-order chi connectivity index (χ1) is 8.90. The van der Waals surface area contributed by atoms with Gasteiger partial charge in [0.2, 0.25) is 0 Å². The van der Waals surface area contributed by atoms with E-state index in [0.717, 1.165) is 25.9 Å². The third-order valence-corrected chi connectivity index (χ3v) is 3.79. The van der Waals surface area contributed by atoms with Gasteiger partial charge in [0.05, 0.1) is 25.0 Å². The first kappa shape index (κ1) is 15.4. The average Bonchev–Trinajstić information content (AvgIpc) is 2.28. The highest BCUT2D eigenvalue weighted by atomic mass is 16.4. The normalized spacial score (nSPS) is 21.5. The van der Waals surface area contributed by atoms with Gasteiger partial charge in [-0.3, -0.25) is 9.59 Å². The Kier molecular flexibility index (Phi) is 5.29. The van der Waals surface area contributed by atoms with Crippen LogP contribution < -0.4 is 10.4 Å². The lowest BCUT2D eigenvalue weighted by Gasteiger charge is -2.38. The number of carboxylic acids is 3. The average molecular weight is 273 g/mol. The number of carbonyl (C=O) groups excluding carboxylic acids is 1. The molecular weight excluding hydrogens is 254 g/mol. The molecule has 2 rings (SSSR count). The summed E-state index contributed by atoms with van der Waals surface area (Å²) in [6.07, 6.45) is 2.78. The highest BCUT2D eigenvalue weighted by molar-refractivity contribution is 5.98. The molecule has 4 N–H and O–H groups in total. The molecule has 0 amide bonds. The summed E-state index contributed by atoms with van der Waals surface area (Å²) in [4.78, 5) is 30.9. The smallest absolute Gasteiger partial charge is 0.315 e. The zero-order chi connectivity index (χ0) is 14.5. The van der Waals surface area contributed by atoms with E-state index in [1.807, 2.05) is 0 Å². The summed E-state index contributed by atoms with van der Waals surface area (Å²) in [5.41, 5.74) is -1.56. The molecule has 0 radical (unpaired) electrons. The van der Waals surface area contributed by atoms with E-state index in [1.54, 1.807) is 0 Å². The lowest BCUT2D eigenvalue weighted by molar-refractivity contribution is -0.664. The van der Waals surface area contributed by atoms with Gasteiger partial charge in [-0.1, -0.05) is 6.42 Å². The number of aliphatic carboxylic acids is 3. The first-order valence-corrected chi connectivity index (χ1v) is 6.39. The second-order valence-electron chi connectivity index (χ2n) is 5.01. The molecule has 0 aromatic carbocycles. The van der Waals surface area contributed by atoms with Gasteiger partial charge >= 0.3 is 11.9 Å². The summed E-state index contributed by atoms with van der Waals surface area (Å²) < 4.78 is 0. The van der Waals surface area contributed by atoms with Crippen LogP contribution in [0.3, 0.4) is 0 Å². The Hall–Kier alpha value is -1.63. The SMILES string of the molecule is O=C(O)C1CC[NH2+]CC1.O=C([O-])C1(C(=O)O)CCC1. The van der Waals surface area contributed by atoms with E-state index in [2.05, 4.69) is 5.32 Å². The maximum atomic E-state index is 10.3. The number of rotatable bonds is 3. The Morgan fingerprint density at radius 2 is 1.63 bits per heavy atom. The molecule has 2 fully saturated rings. The van der Waals surface area contributed by atoms with Gasteiger partial charge in [-0.05, 0) is 12.8 Å². The van der Waals surface area contributed by atoms with Gasteiger partial charge < -0.3 is 25.4 Å². The summed E-state index contributed by atoms with van der Waals surface area (Å²) >= 11 is 0. The van der Waals surface area contributed by atoms with E-state index in [9.17, 15) is 19.5 Å². The minimum atomic E-state index is -1.56. The molecule has 0 atom stereocenters. The van der Waals surface area contributed by atoms with Crippen LogP contribution in [0.15, 0.2) is 0 Å². The van der Waals surface area contributed by atoms with Gasteiger partial charge in [0, 0.05) is 12.8 Å². The molecule has 0 aromatic rings. The monoisotopic (exact) mass is 273 g/mol. The molecule has 7 heteroatoms. The molecule has 0 unspecified atom stereocenters. The van der Waals surface area contributed by atoms with Crippen LogP contribution in [0.4, 0.5) is 0 Å². The summed E-state index contributed by atoms with van der Waals surface area (Å²) in [6.45, 7) is 1.97. The van der Waals surface area contributed by atoms with Gasteiger partial charge in [0.1, 0.15) is 5.41 Å². The second kappa shape index (κ2) is 6.51. The largest absolute Gasteiger partial charge is 0.549 e. The van der Waals surface area contributed by atoms with E-state index in [0.29, 0.717) is 6.42 Å². The Bertz CT molecular complexity index is 341. The summed E-state index contributed by atoms with van der Waals surface area (Å²) in [6, 6.07) is 0. The first-order valence-electron chi connectivity index (χ1n) is 6.39. The van der Waals surface area contributed by atoms with Gasteiger partial charge in [0.15, 0.2) is 0 Å². The quantitative estimate of drug-likeness (QED) is 0.511. The number of hydrogen-bond acceptors (Lipinski definition) is 4. The zero-order valence-corrected chi connectivity index (χ0v) is 10.6. The highest BCUT2D eigenvalue weighted by Gasteiger charge is 2.45. The highest BCUT2D eigenvalue weighted by Crippen LogP contribution is 2.40. The Morgan fingerprint density at radius 1 is 1.11 bits per heavy atom. The molecule has 0 spiro atoms. The molecular formula is C12H19NO6. The molecule has 108 valence electrons. The summed E-state index contributed by atoms with van der Waals surface area (Å²) in [7, 11) is 0. The van der Waals surface area contributed by atoms with Crippen LogP contribution in [0.1, 0.15) is 32.1 Å². The molecule has 1 aliphatic carbocycles. The molecule has 1 saturated carbocycles. The lowest BCUT2D eigenvalue weighted by atomic mass is 9.69. The van der Waals surface area contributed by atoms with E-state index in [4.69, 9.17) is 10.2 Å². The van der Waals surface area contributed by atoms with Crippen molar-refractivity contribution in [2.24, 2.45) is 11.3 Å². The van der Waals surface area contributed by atoms with Crippen LogP contribution in [0, 0.1) is 11.3 Å². The van der Waals surface area contributed by atoms with Crippen LogP contribution in [0.2, 0.25) is 0 Å². The van der Waals surface area contributed by atoms with Crippen molar-refractivity contribution in [2.45, 2.75) is 32.1 Å². The maximum absolute atomic E-state index is 10.3. The molecule has 19 heavy (non-hydrogen) atoms. The van der Waals surface area contributed by atoms with Crippen molar-refractivity contribution in [3.8, 4) is 0 Å². The predicted octanol–water partition coefficient (Wildman–Crippen LogP) is -1.96.